The van der Waals surface area contributed by atoms with E-state index in [-0.39, 0.29) is 18.3 Å². The van der Waals surface area contributed by atoms with E-state index in [0.29, 0.717) is 13.2 Å². The molecule has 2 aliphatic heterocycles. The van der Waals surface area contributed by atoms with Crippen LogP contribution in [0, 0.1) is 0 Å². The zero-order valence-corrected chi connectivity index (χ0v) is 13.6. The molecule has 1 aromatic rings. The van der Waals surface area contributed by atoms with E-state index in [1.807, 2.05) is 6.07 Å². The number of amides is 1. The first-order valence-corrected chi connectivity index (χ1v) is 8.22. The number of nitrogens with zero attached hydrogens (tertiary/aromatic N) is 1. The smallest absolute Gasteiger partial charge is 0.231 e. The lowest BCUT2D eigenvalue weighted by atomic mass is 9.65. The monoisotopic (exact) mass is 330 g/mol. The molecular formula is C18H20NO5-. The third kappa shape index (κ3) is 2.33. The van der Waals surface area contributed by atoms with Crippen molar-refractivity contribution in [1.29, 1.82) is 0 Å². The summed E-state index contributed by atoms with van der Waals surface area (Å²) in [5.41, 5.74) is 2.05. The van der Waals surface area contributed by atoms with Crippen LogP contribution in [-0.4, -0.2) is 37.5 Å². The summed E-state index contributed by atoms with van der Waals surface area (Å²) in [6.07, 6.45) is 5.63. The molecule has 0 unspecified atom stereocenters. The van der Waals surface area contributed by atoms with Crippen molar-refractivity contribution in [2.24, 2.45) is 0 Å². The van der Waals surface area contributed by atoms with Gasteiger partial charge in [0.2, 0.25) is 6.79 Å². The molecule has 1 spiro atoms. The number of fused-ring (bicyclic) bond motifs is 3. The molecule has 0 saturated heterocycles. The Morgan fingerprint density at radius 3 is 2.83 bits per heavy atom. The van der Waals surface area contributed by atoms with Gasteiger partial charge in [-0.1, -0.05) is 12.2 Å². The molecule has 4 rings (SSSR count). The average molecular weight is 330 g/mol. The highest BCUT2D eigenvalue weighted by atomic mass is 16.7. The lowest BCUT2D eigenvalue weighted by Gasteiger charge is -2.47. The van der Waals surface area contributed by atoms with Crippen LogP contribution >= 0.6 is 0 Å². The first-order chi connectivity index (χ1) is 11.6. The molecule has 1 aliphatic carbocycles. The van der Waals surface area contributed by atoms with Crippen molar-refractivity contribution in [2.75, 3.05) is 20.4 Å². The van der Waals surface area contributed by atoms with Crippen LogP contribution in [0.2, 0.25) is 0 Å². The summed E-state index contributed by atoms with van der Waals surface area (Å²) in [6.45, 7) is 0.982. The number of rotatable bonds is 2. The lowest BCUT2D eigenvalue weighted by Crippen LogP contribution is -2.53. The maximum Gasteiger partial charge on any atom is 0.231 e. The number of likely N-dealkylation sites (N-methyl/N-ethyl adjacent to an activating group) is 1. The number of allylic oxidation sites excluding steroid dienone is 2. The van der Waals surface area contributed by atoms with Crippen LogP contribution in [0.4, 0.5) is 4.79 Å². The third-order valence-corrected chi connectivity index (χ3v) is 5.35. The van der Waals surface area contributed by atoms with Gasteiger partial charge in [-0.05, 0) is 42.5 Å². The summed E-state index contributed by atoms with van der Waals surface area (Å²) in [5.74, 6) is 1.51. The number of carboxylic acid groups (broad SMARTS) is 1. The van der Waals surface area contributed by atoms with Gasteiger partial charge in [0, 0.05) is 19.0 Å². The van der Waals surface area contributed by atoms with Crippen molar-refractivity contribution in [3.05, 3.63) is 35.4 Å². The Morgan fingerprint density at radius 2 is 2.12 bits per heavy atom. The predicted molar refractivity (Wildman–Crippen MR) is 83.8 cm³/mol. The van der Waals surface area contributed by atoms with Gasteiger partial charge in [0.15, 0.2) is 11.5 Å². The minimum Gasteiger partial charge on any atom is -0.530 e. The van der Waals surface area contributed by atoms with Crippen LogP contribution in [0.25, 0.3) is 0 Å². The topological polar surface area (TPSA) is 71.1 Å². The van der Waals surface area contributed by atoms with E-state index in [2.05, 4.69) is 18.2 Å². The minimum absolute atomic E-state index is 0.210. The van der Waals surface area contributed by atoms with E-state index >= 15 is 0 Å². The van der Waals surface area contributed by atoms with Crippen molar-refractivity contribution in [2.45, 2.75) is 37.4 Å². The number of hydrogen-bond acceptors (Lipinski definition) is 5. The van der Waals surface area contributed by atoms with Gasteiger partial charge in [-0.15, -0.1) is 0 Å². The predicted octanol–water partition coefficient (Wildman–Crippen LogP) is 1.57. The van der Waals surface area contributed by atoms with Gasteiger partial charge in [0.05, 0.1) is 12.7 Å². The Kier molecular flexibility index (Phi) is 3.64. The molecule has 0 N–H and O–H groups in total. The van der Waals surface area contributed by atoms with Gasteiger partial charge in [0.1, 0.15) is 6.09 Å². The van der Waals surface area contributed by atoms with Crippen molar-refractivity contribution < 1.29 is 24.1 Å². The van der Waals surface area contributed by atoms with Gasteiger partial charge in [0.25, 0.3) is 0 Å². The molecule has 0 fully saturated rings. The molecular weight excluding hydrogens is 310 g/mol. The standard InChI is InChI=1S/C18H21NO5/c1-19(17(20)21)9-16-18(5-3-2-4-6-18)13-8-15-14(23-11-24-15)7-12(13)10-22-16/h2-3,7-8,16H,4-6,9-11H2,1H3,(H,20,21)/p-1/t16-,18+/m0/s1. The van der Waals surface area contributed by atoms with E-state index in [1.54, 1.807) is 0 Å². The Bertz CT molecular complexity index is 701. The molecule has 0 aromatic heterocycles. The molecule has 0 saturated carbocycles. The second-order valence-electron chi connectivity index (χ2n) is 6.68. The molecule has 6 nitrogen and oxygen atoms in total. The maximum absolute atomic E-state index is 11.2. The van der Waals surface area contributed by atoms with E-state index in [4.69, 9.17) is 14.2 Å². The van der Waals surface area contributed by atoms with Gasteiger partial charge in [-0.25, -0.2) is 0 Å². The fraction of sp³-hybridized carbons (Fsp3) is 0.500. The van der Waals surface area contributed by atoms with Gasteiger partial charge >= 0.3 is 0 Å². The van der Waals surface area contributed by atoms with Crippen LogP contribution in [-0.2, 0) is 16.8 Å². The van der Waals surface area contributed by atoms with Crippen LogP contribution in [0.3, 0.4) is 0 Å². The number of benzene rings is 1. The second kappa shape index (κ2) is 5.70. The van der Waals surface area contributed by atoms with Crippen molar-refractivity contribution >= 4 is 6.09 Å². The van der Waals surface area contributed by atoms with Crippen LogP contribution in [0.15, 0.2) is 24.3 Å². The van der Waals surface area contributed by atoms with E-state index < -0.39 is 6.09 Å². The minimum atomic E-state index is -1.18. The molecule has 2 atom stereocenters. The summed E-state index contributed by atoms with van der Waals surface area (Å²) in [7, 11) is 1.53. The fourth-order valence-corrected chi connectivity index (χ4v) is 4.03. The third-order valence-electron chi connectivity index (χ3n) is 5.35. The molecule has 0 radical (unpaired) electrons. The zero-order chi connectivity index (χ0) is 16.7. The largest absolute Gasteiger partial charge is 0.530 e. The van der Waals surface area contributed by atoms with E-state index in [0.717, 1.165) is 36.3 Å². The Balaban J connectivity index is 1.76. The van der Waals surface area contributed by atoms with Crippen molar-refractivity contribution in [1.82, 2.24) is 4.90 Å². The number of ether oxygens (including phenoxy) is 3. The molecule has 3 aliphatic rings. The van der Waals surface area contributed by atoms with Gasteiger partial charge in [-0.3, -0.25) is 0 Å². The molecule has 1 aromatic carbocycles. The van der Waals surface area contributed by atoms with Crippen LogP contribution < -0.4 is 14.6 Å². The molecule has 6 heteroatoms. The summed E-state index contributed by atoms with van der Waals surface area (Å²) < 4.78 is 17.1. The quantitative estimate of drug-likeness (QED) is 0.770. The van der Waals surface area contributed by atoms with Crippen molar-refractivity contribution in [3.63, 3.8) is 0 Å². The highest BCUT2D eigenvalue weighted by molar-refractivity contribution is 5.62. The number of hydrogen-bond donors (Lipinski definition) is 0. The number of carbonyl (C=O) groups excluding carboxylic acids is 1. The first kappa shape index (κ1) is 15.3. The van der Waals surface area contributed by atoms with E-state index in [9.17, 15) is 9.90 Å². The SMILES string of the molecule is CN(C[C@@H]1OCc2cc3c(cc2[C@]12CC=CCC2)OCO3)C(=O)[O-]. The lowest BCUT2D eigenvalue weighted by molar-refractivity contribution is -0.265. The second-order valence-corrected chi connectivity index (χ2v) is 6.68. The fourth-order valence-electron chi connectivity index (χ4n) is 4.03. The van der Waals surface area contributed by atoms with Crippen LogP contribution in [0.1, 0.15) is 30.4 Å². The Hall–Kier alpha value is -2.21. The van der Waals surface area contributed by atoms with Crippen LogP contribution in [0.5, 0.6) is 11.5 Å². The molecule has 0 bridgehead atoms. The summed E-state index contributed by atoms with van der Waals surface area (Å²) in [6, 6.07) is 4.06. The summed E-state index contributed by atoms with van der Waals surface area (Å²) in [5, 5.41) is 11.2. The highest BCUT2D eigenvalue weighted by Gasteiger charge is 2.46. The van der Waals surface area contributed by atoms with E-state index in [1.165, 1.54) is 17.5 Å². The Labute approximate surface area is 140 Å². The Morgan fingerprint density at radius 1 is 1.33 bits per heavy atom. The summed E-state index contributed by atoms with van der Waals surface area (Å²) >= 11 is 0. The maximum atomic E-state index is 11.2. The first-order valence-electron chi connectivity index (χ1n) is 8.22. The van der Waals surface area contributed by atoms with Gasteiger partial charge < -0.3 is 29.0 Å². The molecule has 1 amide bonds. The summed E-state index contributed by atoms with van der Waals surface area (Å²) in [4.78, 5) is 12.3. The number of carbonyl (C=O) groups is 1. The normalized spacial score (nSPS) is 27.1. The highest BCUT2D eigenvalue weighted by Crippen LogP contribution is 2.49. The zero-order valence-electron chi connectivity index (χ0n) is 13.6. The molecule has 128 valence electrons. The molecule has 24 heavy (non-hydrogen) atoms. The van der Waals surface area contributed by atoms with Crippen molar-refractivity contribution in [3.8, 4) is 11.5 Å². The van der Waals surface area contributed by atoms with Gasteiger partial charge in [-0.2, -0.15) is 0 Å². The average Bonchev–Trinajstić information content (AvgIpc) is 3.04. The molecule has 2 heterocycles.